The molecule has 0 radical (unpaired) electrons. The molecule has 0 heterocycles. The lowest BCUT2D eigenvalue weighted by Gasteiger charge is -2.07. The summed E-state index contributed by atoms with van der Waals surface area (Å²) in [4.78, 5) is 8.68. The molecule has 0 aliphatic rings. The lowest BCUT2D eigenvalue weighted by atomic mass is 10.0. The fraction of sp³-hybridized carbons (Fsp3) is 0.333. The zero-order valence-electron chi connectivity index (χ0n) is 10.9. The van der Waals surface area contributed by atoms with Gasteiger partial charge in [-0.1, -0.05) is 36.4 Å². The number of aryl methyl sites for hydroxylation is 1. The first-order valence-electron chi connectivity index (χ1n) is 5.94. The first kappa shape index (κ1) is 13.4. The summed E-state index contributed by atoms with van der Waals surface area (Å²) in [6, 6.07) is 8.45. The second kappa shape index (κ2) is 6.79. The van der Waals surface area contributed by atoms with Gasteiger partial charge in [0.15, 0.2) is 0 Å². The Morgan fingerprint density at radius 1 is 1.41 bits per heavy atom. The van der Waals surface area contributed by atoms with Crippen molar-refractivity contribution in [2.45, 2.75) is 27.2 Å². The molecule has 0 bridgehead atoms. The lowest BCUT2D eigenvalue weighted by Crippen LogP contribution is -2.06. The molecule has 1 aromatic rings. The van der Waals surface area contributed by atoms with E-state index >= 15 is 0 Å². The molecule has 1 aromatic carbocycles. The highest BCUT2D eigenvalue weighted by atomic mass is 14.8. The van der Waals surface area contributed by atoms with Gasteiger partial charge >= 0.3 is 0 Å². The predicted molar refractivity (Wildman–Crippen MR) is 76.2 cm³/mol. The number of hydrogen-bond donors (Lipinski definition) is 0. The monoisotopic (exact) mass is 228 g/mol. The van der Waals surface area contributed by atoms with E-state index in [2.05, 4.69) is 47.8 Å². The molecule has 0 atom stereocenters. The minimum atomic E-state index is 0.760. The van der Waals surface area contributed by atoms with Crippen LogP contribution in [0.25, 0.3) is 0 Å². The van der Waals surface area contributed by atoms with Gasteiger partial charge < -0.3 is 0 Å². The number of benzene rings is 1. The molecule has 0 N–H and O–H groups in total. The van der Waals surface area contributed by atoms with Gasteiger partial charge in [-0.25, -0.2) is 0 Å². The quantitative estimate of drug-likeness (QED) is 0.688. The van der Waals surface area contributed by atoms with E-state index in [9.17, 15) is 0 Å². The fourth-order valence-corrected chi connectivity index (χ4v) is 1.69. The third-order valence-corrected chi connectivity index (χ3v) is 2.42. The van der Waals surface area contributed by atoms with E-state index in [4.69, 9.17) is 0 Å². The Hall–Kier alpha value is -1.70. The zero-order chi connectivity index (χ0) is 12.7. The van der Waals surface area contributed by atoms with E-state index in [-0.39, 0.29) is 0 Å². The summed E-state index contributed by atoms with van der Waals surface area (Å²) in [5.74, 6) is 0. The highest BCUT2D eigenvalue weighted by Gasteiger charge is 2.04. The standard InChI is InChI=1S/C15H20N2/c1-5-16-13(4)15(17-6-2)11-14-9-7-8-12(3)10-14/h5,7-10H,4,6,11H2,1-3H3/b16-5-,17-15-. The van der Waals surface area contributed by atoms with Gasteiger partial charge in [0.2, 0.25) is 0 Å². The molecular formula is C15H20N2. The summed E-state index contributed by atoms with van der Waals surface area (Å²) >= 11 is 0. The van der Waals surface area contributed by atoms with Gasteiger partial charge in [0.1, 0.15) is 0 Å². The predicted octanol–water partition coefficient (Wildman–Crippen LogP) is 3.60. The van der Waals surface area contributed by atoms with Gasteiger partial charge in [0.05, 0.1) is 11.4 Å². The molecule has 0 saturated carbocycles. The third-order valence-electron chi connectivity index (χ3n) is 2.42. The zero-order valence-corrected chi connectivity index (χ0v) is 10.9. The number of allylic oxidation sites excluding steroid dienone is 1. The van der Waals surface area contributed by atoms with Crippen LogP contribution in [0.4, 0.5) is 0 Å². The van der Waals surface area contributed by atoms with E-state index in [1.54, 1.807) is 6.21 Å². The molecule has 0 spiro atoms. The van der Waals surface area contributed by atoms with Gasteiger partial charge in [-0.2, -0.15) is 0 Å². The van der Waals surface area contributed by atoms with Crippen LogP contribution in [0.2, 0.25) is 0 Å². The summed E-state index contributed by atoms with van der Waals surface area (Å²) < 4.78 is 0. The van der Waals surface area contributed by atoms with E-state index in [0.717, 1.165) is 24.4 Å². The molecule has 0 unspecified atom stereocenters. The number of nitrogens with zero attached hydrogens (tertiary/aromatic N) is 2. The highest BCUT2D eigenvalue weighted by molar-refractivity contribution is 6.01. The molecule has 0 aromatic heterocycles. The molecule has 2 heteroatoms. The van der Waals surface area contributed by atoms with Crippen LogP contribution in [0.3, 0.4) is 0 Å². The second-order valence-corrected chi connectivity index (χ2v) is 3.92. The SMILES string of the molecule is C=C(/N=C\C)/C(Cc1cccc(C)c1)=N\CC. The van der Waals surface area contributed by atoms with Crippen molar-refractivity contribution in [1.29, 1.82) is 0 Å². The minimum Gasteiger partial charge on any atom is -0.287 e. The van der Waals surface area contributed by atoms with Crippen molar-refractivity contribution in [2.75, 3.05) is 6.54 Å². The average molecular weight is 228 g/mol. The van der Waals surface area contributed by atoms with Crippen LogP contribution in [0, 0.1) is 6.92 Å². The molecule has 2 nitrogen and oxygen atoms in total. The summed E-state index contributed by atoms with van der Waals surface area (Å²) in [6.07, 6.45) is 2.55. The molecule has 0 saturated heterocycles. The molecule has 90 valence electrons. The fourth-order valence-electron chi connectivity index (χ4n) is 1.69. The summed E-state index contributed by atoms with van der Waals surface area (Å²) in [6.45, 7) is 10.7. The van der Waals surface area contributed by atoms with Crippen molar-refractivity contribution in [3.63, 3.8) is 0 Å². The Labute approximate surface area is 104 Å². The first-order chi connectivity index (χ1) is 8.17. The van der Waals surface area contributed by atoms with Crippen LogP contribution in [0.15, 0.2) is 46.5 Å². The Bertz CT molecular complexity index is 442. The molecule has 17 heavy (non-hydrogen) atoms. The van der Waals surface area contributed by atoms with Crippen LogP contribution >= 0.6 is 0 Å². The first-order valence-corrected chi connectivity index (χ1v) is 5.94. The van der Waals surface area contributed by atoms with E-state index in [1.807, 2.05) is 13.8 Å². The van der Waals surface area contributed by atoms with Crippen molar-refractivity contribution in [3.05, 3.63) is 47.7 Å². The van der Waals surface area contributed by atoms with Gasteiger partial charge in [0.25, 0.3) is 0 Å². The number of aliphatic imine (C=N–C) groups is 2. The van der Waals surface area contributed by atoms with E-state index < -0.39 is 0 Å². The molecular weight excluding hydrogens is 208 g/mol. The highest BCUT2D eigenvalue weighted by Crippen LogP contribution is 2.09. The second-order valence-electron chi connectivity index (χ2n) is 3.92. The lowest BCUT2D eigenvalue weighted by molar-refractivity contribution is 1.10. The Morgan fingerprint density at radius 2 is 2.18 bits per heavy atom. The van der Waals surface area contributed by atoms with Crippen molar-refractivity contribution in [3.8, 4) is 0 Å². The maximum absolute atomic E-state index is 4.47. The van der Waals surface area contributed by atoms with Gasteiger partial charge in [0, 0.05) is 19.2 Å². The van der Waals surface area contributed by atoms with Gasteiger partial charge in [-0.15, -0.1) is 0 Å². The molecule has 0 fully saturated rings. The molecule has 0 aliphatic carbocycles. The maximum Gasteiger partial charge on any atom is 0.0767 e. The van der Waals surface area contributed by atoms with Crippen LogP contribution in [-0.2, 0) is 6.42 Å². The smallest absolute Gasteiger partial charge is 0.0767 e. The topological polar surface area (TPSA) is 24.7 Å². The average Bonchev–Trinajstić information content (AvgIpc) is 2.29. The van der Waals surface area contributed by atoms with E-state index in [0.29, 0.717) is 0 Å². The van der Waals surface area contributed by atoms with Crippen LogP contribution in [0.5, 0.6) is 0 Å². The van der Waals surface area contributed by atoms with Crippen LogP contribution in [0.1, 0.15) is 25.0 Å². The molecule has 0 aliphatic heterocycles. The number of hydrogen-bond acceptors (Lipinski definition) is 2. The van der Waals surface area contributed by atoms with Crippen molar-refractivity contribution in [1.82, 2.24) is 0 Å². The van der Waals surface area contributed by atoms with Crippen molar-refractivity contribution in [2.24, 2.45) is 9.98 Å². The molecule has 1 rings (SSSR count). The van der Waals surface area contributed by atoms with Gasteiger partial charge in [-0.05, 0) is 26.3 Å². The summed E-state index contributed by atoms with van der Waals surface area (Å²) in [7, 11) is 0. The van der Waals surface area contributed by atoms with Crippen LogP contribution in [-0.4, -0.2) is 18.5 Å². The molecule has 0 amide bonds. The Kier molecular flexibility index (Phi) is 5.34. The van der Waals surface area contributed by atoms with Crippen molar-refractivity contribution >= 4 is 11.9 Å². The maximum atomic E-state index is 4.47. The van der Waals surface area contributed by atoms with Crippen molar-refractivity contribution < 1.29 is 0 Å². The van der Waals surface area contributed by atoms with E-state index in [1.165, 1.54) is 11.1 Å². The van der Waals surface area contributed by atoms with Gasteiger partial charge in [-0.3, -0.25) is 9.98 Å². The normalized spacial score (nSPS) is 12.1. The Morgan fingerprint density at radius 3 is 2.76 bits per heavy atom. The summed E-state index contributed by atoms with van der Waals surface area (Å²) in [5.41, 5.74) is 4.25. The minimum absolute atomic E-state index is 0.760. The third kappa shape index (κ3) is 4.35. The largest absolute Gasteiger partial charge is 0.287 e. The number of rotatable bonds is 5. The summed E-state index contributed by atoms with van der Waals surface area (Å²) in [5, 5.41) is 0. The Balaban J connectivity index is 2.88. The van der Waals surface area contributed by atoms with Crippen LogP contribution < -0.4 is 0 Å².